The molecule has 0 bridgehead atoms. The highest BCUT2D eigenvalue weighted by atomic mass is 35.5. The number of rotatable bonds is 7. The molecule has 138 valence electrons. The third-order valence-electron chi connectivity index (χ3n) is 4.03. The maximum Gasteiger partial charge on any atom is 0.409 e. The van der Waals surface area contributed by atoms with E-state index < -0.39 is 0 Å². The third kappa shape index (κ3) is 6.46. The van der Waals surface area contributed by atoms with Crippen LogP contribution >= 0.6 is 11.6 Å². The van der Waals surface area contributed by atoms with E-state index in [1.807, 2.05) is 12.1 Å². The van der Waals surface area contributed by atoms with Gasteiger partial charge >= 0.3 is 6.09 Å². The van der Waals surface area contributed by atoms with Gasteiger partial charge in [0.05, 0.1) is 18.2 Å². The third-order valence-corrected chi connectivity index (χ3v) is 4.34. The number of piperidine rings is 1. The molecule has 1 aromatic rings. The van der Waals surface area contributed by atoms with E-state index in [0.717, 1.165) is 12.8 Å². The van der Waals surface area contributed by atoms with Crippen LogP contribution in [0.1, 0.15) is 32.6 Å². The van der Waals surface area contributed by atoms with Crippen molar-refractivity contribution >= 4 is 23.6 Å². The minimum atomic E-state index is -0.274. The average Bonchev–Trinajstić information content (AvgIpc) is 2.61. The summed E-state index contributed by atoms with van der Waals surface area (Å²) in [5.74, 6) is 0.647. The van der Waals surface area contributed by atoms with E-state index in [-0.39, 0.29) is 18.0 Å². The lowest BCUT2D eigenvalue weighted by Crippen LogP contribution is -2.46. The van der Waals surface area contributed by atoms with Gasteiger partial charge in [-0.1, -0.05) is 23.7 Å². The van der Waals surface area contributed by atoms with E-state index in [1.54, 1.807) is 24.0 Å². The minimum absolute atomic E-state index is 0.0114. The van der Waals surface area contributed by atoms with Gasteiger partial charge in [0.15, 0.2) is 0 Å². The second kappa shape index (κ2) is 10.1. The first kappa shape index (κ1) is 19.4. The van der Waals surface area contributed by atoms with Gasteiger partial charge in [0, 0.05) is 25.6 Å². The number of carbonyl (C=O) groups is 2. The molecule has 1 aromatic carbocycles. The van der Waals surface area contributed by atoms with Gasteiger partial charge < -0.3 is 19.7 Å². The lowest BCUT2D eigenvalue weighted by Gasteiger charge is -2.31. The van der Waals surface area contributed by atoms with Crippen LogP contribution in [0.2, 0.25) is 5.02 Å². The van der Waals surface area contributed by atoms with Crippen LogP contribution in [0.4, 0.5) is 4.79 Å². The highest BCUT2D eigenvalue weighted by Gasteiger charge is 2.24. The van der Waals surface area contributed by atoms with Gasteiger partial charge in [-0.2, -0.15) is 0 Å². The van der Waals surface area contributed by atoms with Gasteiger partial charge in [-0.15, -0.1) is 0 Å². The van der Waals surface area contributed by atoms with E-state index in [4.69, 9.17) is 21.1 Å². The second-order valence-electron chi connectivity index (χ2n) is 5.91. The Morgan fingerprint density at radius 2 is 2.00 bits per heavy atom. The zero-order valence-corrected chi connectivity index (χ0v) is 15.3. The van der Waals surface area contributed by atoms with Crippen molar-refractivity contribution in [3.63, 3.8) is 0 Å². The van der Waals surface area contributed by atoms with Gasteiger partial charge in [0.25, 0.3) is 0 Å². The van der Waals surface area contributed by atoms with E-state index in [0.29, 0.717) is 49.9 Å². The lowest BCUT2D eigenvalue weighted by molar-refractivity contribution is -0.122. The number of halogens is 1. The molecule has 7 heteroatoms. The zero-order chi connectivity index (χ0) is 18.1. The maximum atomic E-state index is 12.0. The van der Waals surface area contributed by atoms with Crippen molar-refractivity contribution in [2.24, 2.45) is 0 Å². The number of ether oxygens (including phenoxy) is 2. The minimum Gasteiger partial charge on any atom is -0.492 e. The quantitative estimate of drug-likeness (QED) is 0.750. The number of nitrogens with one attached hydrogen (secondary N) is 1. The van der Waals surface area contributed by atoms with Gasteiger partial charge in [0.1, 0.15) is 5.75 Å². The lowest BCUT2D eigenvalue weighted by atomic mass is 10.1. The monoisotopic (exact) mass is 368 g/mol. The Bertz CT molecular complexity index is 574. The Balaban J connectivity index is 1.60. The fourth-order valence-electron chi connectivity index (χ4n) is 2.70. The highest BCUT2D eigenvalue weighted by Crippen LogP contribution is 2.23. The molecule has 1 heterocycles. The number of carbonyl (C=O) groups excluding carboxylic acids is 2. The second-order valence-corrected chi connectivity index (χ2v) is 6.32. The van der Waals surface area contributed by atoms with E-state index in [1.165, 1.54) is 0 Å². The van der Waals surface area contributed by atoms with Crippen LogP contribution < -0.4 is 10.1 Å². The standard InChI is InChI=1S/C18H25ClN2O4/c1-2-24-18(23)21-11-9-14(10-12-21)20-17(22)8-5-13-25-16-7-4-3-6-15(16)19/h3-4,6-7,14H,2,5,8-13H2,1H3,(H,20,22). The van der Waals surface area contributed by atoms with Crippen molar-refractivity contribution in [3.05, 3.63) is 29.3 Å². The van der Waals surface area contributed by atoms with Crippen LogP contribution in [-0.4, -0.2) is 49.2 Å². The number of benzene rings is 1. The number of likely N-dealkylation sites (tertiary alicyclic amines) is 1. The normalized spacial score (nSPS) is 14.9. The molecule has 1 N–H and O–H groups in total. The summed E-state index contributed by atoms with van der Waals surface area (Å²) in [5.41, 5.74) is 0. The topological polar surface area (TPSA) is 67.9 Å². The Morgan fingerprint density at radius 3 is 2.68 bits per heavy atom. The molecule has 6 nitrogen and oxygen atoms in total. The van der Waals surface area contributed by atoms with E-state index in [9.17, 15) is 9.59 Å². The van der Waals surface area contributed by atoms with Crippen LogP contribution in [0, 0.1) is 0 Å². The van der Waals surface area contributed by atoms with Gasteiger partial charge in [-0.3, -0.25) is 4.79 Å². The summed E-state index contributed by atoms with van der Waals surface area (Å²) in [6.07, 6.45) is 2.26. The van der Waals surface area contributed by atoms with Crippen molar-refractivity contribution < 1.29 is 19.1 Å². The van der Waals surface area contributed by atoms with Gasteiger partial charge in [-0.05, 0) is 38.3 Å². The van der Waals surface area contributed by atoms with E-state index in [2.05, 4.69) is 5.32 Å². The molecule has 0 atom stereocenters. The summed E-state index contributed by atoms with van der Waals surface area (Å²) in [6, 6.07) is 7.39. The number of nitrogens with zero attached hydrogens (tertiary/aromatic N) is 1. The average molecular weight is 369 g/mol. The highest BCUT2D eigenvalue weighted by molar-refractivity contribution is 6.32. The van der Waals surface area contributed by atoms with Crippen molar-refractivity contribution in [2.75, 3.05) is 26.3 Å². The van der Waals surface area contributed by atoms with Crippen molar-refractivity contribution in [3.8, 4) is 5.75 Å². The Hall–Kier alpha value is -1.95. The van der Waals surface area contributed by atoms with Gasteiger partial charge in [0.2, 0.25) is 5.91 Å². The fourth-order valence-corrected chi connectivity index (χ4v) is 2.89. The maximum absolute atomic E-state index is 12.0. The van der Waals surface area contributed by atoms with Crippen molar-refractivity contribution in [1.29, 1.82) is 0 Å². The molecule has 1 fully saturated rings. The summed E-state index contributed by atoms with van der Waals surface area (Å²) in [5, 5.41) is 3.59. The number of para-hydroxylation sites is 1. The predicted octanol–water partition coefficient (Wildman–Crippen LogP) is 3.24. The molecule has 1 aliphatic heterocycles. The van der Waals surface area contributed by atoms with Crippen LogP contribution in [0.3, 0.4) is 0 Å². The van der Waals surface area contributed by atoms with Crippen LogP contribution in [0.5, 0.6) is 5.75 Å². The first-order chi connectivity index (χ1) is 12.1. The molecule has 2 rings (SSSR count). The molecular formula is C18H25ClN2O4. The molecule has 0 unspecified atom stereocenters. The summed E-state index contributed by atoms with van der Waals surface area (Å²) in [4.78, 5) is 25.3. The summed E-state index contributed by atoms with van der Waals surface area (Å²) in [7, 11) is 0. The summed E-state index contributed by atoms with van der Waals surface area (Å²) < 4.78 is 10.6. The summed E-state index contributed by atoms with van der Waals surface area (Å²) in [6.45, 7) is 3.84. The van der Waals surface area contributed by atoms with Gasteiger partial charge in [-0.25, -0.2) is 4.79 Å². The number of hydrogen-bond donors (Lipinski definition) is 1. The molecule has 0 saturated carbocycles. The largest absolute Gasteiger partial charge is 0.492 e. The first-order valence-electron chi connectivity index (χ1n) is 8.68. The molecule has 0 spiro atoms. The molecule has 25 heavy (non-hydrogen) atoms. The van der Waals surface area contributed by atoms with E-state index >= 15 is 0 Å². The molecule has 2 amide bonds. The van der Waals surface area contributed by atoms with Crippen LogP contribution in [0.15, 0.2) is 24.3 Å². The van der Waals surface area contributed by atoms with Crippen molar-refractivity contribution in [1.82, 2.24) is 10.2 Å². The van der Waals surface area contributed by atoms with Crippen LogP contribution in [0.25, 0.3) is 0 Å². The SMILES string of the molecule is CCOC(=O)N1CCC(NC(=O)CCCOc2ccccc2Cl)CC1. The molecule has 0 aliphatic carbocycles. The molecular weight excluding hydrogens is 344 g/mol. The Labute approximate surface area is 153 Å². The van der Waals surface area contributed by atoms with Crippen LogP contribution in [-0.2, 0) is 9.53 Å². The molecule has 0 radical (unpaired) electrons. The first-order valence-corrected chi connectivity index (χ1v) is 9.06. The number of hydrogen-bond acceptors (Lipinski definition) is 4. The molecule has 0 aromatic heterocycles. The predicted molar refractivity (Wildman–Crippen MR) is 95.9 cm³/mol. The number of amides is 2. The smallest absolute Gasteiger partial charge is 0.409 e. The Morgan fingerprint density at radius 1 is 1.28 bits per heavy atom. The molecule has 1 saturated heterocycles. The fraction of sp³-hybridized carbons (Fsp3) is 0.556. The van der Waals surface area contributed by atoms with Crippen molar-refractivity contribution in [2.45, 2.75) is 38.6 Å². The zero-order valence-electron chi connectivity index (χ0n) is 14.5. The Kier molecular flexibility index (Phi) is 7.85. The molecule has 1 aliphatic rings. The summed E-state index contributed by atoms with van der Waals surface area (Å²) >= 11 is 6.01.